The first-order valence-electron chi connectivity index (χ1n) is 7.72. The lowest BCUT2D eigenvalue weighted by Crippen LogP contribution is -2.54. The van der Waals surface area contributed by atoms with E-state index in [1.165, 1.54) is 17.7 Å². The van der Waals surface area contributed by atoms with Crippen LogP contribution in [0.5, 0.6) is 0 Å². The van der Waals surface area contributed by atoms with Crippen molar-refractivity contribution < 1.29 is 14.7 Å². The van der Waals surface area contributed by atoms with Crippen molar-refractivity contribution in [2.75, 3.05) is 13.1 Å². The second-order valence-electron chi connectivity index (χ2n) is 6.65. The van der Waals surface area contributed by atoms with Crippen molar-refractivity contribution >= 4 is 12.0 Å². The number of carbonyl (C=O) groups is 2. The van der Waals surface area contributed by atoms with Crippen LogP contribution in [0.2, 0.25) is 0 Å². The number of nitrogens with zero attached hydrogens (tertiary/aromatic N) is 1. The van der Waals surface area contributed by atoms with E-state index in [1.807, 2.05) is 0 Å². The van der Waals surface area contributed by atoms with E-state index in [0.29, 0.717) is 25.4 Å². The fourth-order valence-corrected chi connectivity index (χ4v) is 3.37. The molecule has 1 aliphatic heterocycles. The zero-order valence-corrected chi connectivity index (χ0v) is 12.5. The molecule has 0 bridgehead atoms. The van der Waals surface area contributed by atoms with Gasteiger partial charge in [0.2, 0.25) is 0 Å². The molecule has 2 aliphatic rings. The highest BCUT2D eigenvalue weighted by molar-refractivity contribution is 5.86. The van der Waals surface area contributed by atoms with Crippen LogP contribution in [0.25, 0.3) is 0 Å². The van der Waals surface area contributed by atoms with E-state index in [-0.39, 0.29) is 6.03 Å². The van der Waals surface area contributed by atoms with Gasteiger partial charge in [-0.05, 0) is 44.4 Å². The minimum Gasteiger partial charge on any atom is -0.480 e. The highest BCUT2D eigenvalue weighted by atomic mass is 16.4. The molecule has 114 valence electrons. The zero-order valence-electron chi connectivity index (χ0n) is 12.5. The number of urea groups is 1. The predicted octanol–water partition coefficient (Wildman–Crippen LogP) is 2.46. The van der Waals surface area contributed by atoms with Gasteiger partial charge in [0, 0.05) is 13.1 Å². The quantitative estimate of drug-likeness (QED) is 0.835. The molecule has 1 aliphatic carbocycles. The maximum atomic E-state index is 12.2. The van der Waals surface area contributed by atoms with Crippen LogP contribution in [0.3, 0.4) is 0 Å². The Bertz CT molecular complexity index is 377. The van der Waals surface area contributed by atoms with Crippen molar-refractivity contribution in [1.82, 2.24) is 10.2 Å². The van der Waals surface area contributed by atoms with Gasteiger partial charge in [-0.2, -0.15) is 0 Å². The molecule has 2 fully saturated rings. The molecule has 1 saturated carbocycles. The standard InChI is InChI=1S/C15H26N2O3/c1-11-4-6-12(7-5-11)10-16-14(20)17-9-3-8-15(17,2)13(18)19/h11-12H,3-10H2,1-2H3,(H,16,20)(H,18,19). The van der Waals surface area contributed by atoms with Gasteiger partial charge in [-0.3, -0.25) is 0 Å². The minimum absolute atomic E-state index is 0.217. The van der Waals surface area contributed by atoms with E-state index in [0.717, 1.165) is 25.2 Å². The third-order valence-electron chi connectivity index (χ3n) is 5.02. The van der Waals surface area contributed by atoms with Crippen LogP contribution in [0.4, 0.5) is 4.79 Å². The van der Waals surface area contributed by atoms with Crippen LogP contribution < -0.4 is 5.32 Å². The molecule has 5 heteroatoms. The Kier molecular flexibility index (Phi) is 4.55. The molecule has 1 atom stereocenters. The zero-order chi connectivity index (χ0) is 14.8. The van der Waals surface area contributed by atoms with E-state index >= 15 is 0 Å². The molecular weight excluding hydrogens is 256 g/mol. The van der Waals surface area contributed by atoms with Crippen molar-refractivity contribution in [3.63, 3.8) is 0 Å². The molecule has 0 radical (unpaired) electrons. The van der Waals surface area contributed by atoms with Crippen LogP contribution >= 0.6 is 0 Å². The smallest absolute Gasteiger partial charge is 0.329 e. The number of carboxylic acid groups (broad SMARTS) is 1. The summed E-state index contributed by atoms with van der Waals surface area (Å²) < 4.78 is 0. The third kappa shape index (κ3) is 3.07. The van der Waals surface area contributed by atoms with Crippen molar-refractivity contribution in [3.8, 4) is 0 Å². The summed E-state index contributed by atoms with van der Waals surface area (Å²) in [6.45, 7) is 5.13. The van der Waals surface area contributed by atoms with Gasteiger partial charge in [-0.1, -0.05) is 19.8 Å². The summed E-state index contributed by atoms with van der Waals surface area (Å²) in [4.78, 5) is 25.1. The van der Waals surface area contributed by atoms with E-state index in [9.17, 15) is 14.7 Å². The number of aliphatic carboxylic acids is 1. The summed E-state index contributed by atoms with van der Waals surface area (Å²) in [5.41, 5.74) is -1.04. The number of nitrogens with one attached hydrogen (secondary N) is 1. The van der Waals surface area contributed by atoms with Gasteiger partial charge in [0.15, 0.2) is 0 Å². The minimum atomic E-state index is -1.04. The molecule has 0 aromatic rings. The van der Waals surface area contributed by atoms with Crippen molar-refractivity contribution in [2.24, 2.45) is 11.8 Å². The van der Waals surface area contributed by atoms with Crippen LogP contribution in [0.15, 0.2) is 0 Å². The number of carboxylic acids is 1. The van der Waals surface area contributed by atoms with E-state index in [2.05, 4.69) is 12.2 Å². The molecule has 5 nitrogen and oxygen atoms in total. The fourth-order valence-electron chi connectivity index (χ4n) is 3.37. The monoisotopic (exact) mass is 282 g/mol. The molecule has 1 saturated heterocycles. The predicted molar refractivity (Wildman–Crippen MR) is 76.5 cm³/mol. The SMILES string of the molecule is CC1CCC(CNC(=O)N2CCCC2(C)C(=O)O)CC1. The maximum absolute atomic E-state index is 12.2. The van der Waals surface area contributed by atoms with Crippen molar-refractivity contribution in [3.05, 3.63) is 0 Å². The summed E-state index contributed by atoms with van der Waals surface area (Å²) >= 11 is 0. The highest BCUT2D eigenvalue weighted by Crippen LogP contribution is 2.30. The van der Waals surface area contributed by atoms with Gasteiger partial charge in [0.05, 0.1) is 0 Å². The van der Waals surface area contributed by atoms with Crippen molar-refractivity contribution in [1.29, 1.82) is 0 Å². The Labute approximate surface area is 120 Å². The molecule has 2 rings (SSSR count). The van der Waals surface area contributed by atoms with Gasteiger partial charge in [0.1, 0.15) is 5.54 Å². The Hall–Kier alpha value is -1.26. The molecule has 1 unspecified atom stereocenters. The third-order valence-corrected chi connectivity index (χ3v) is 5.02. The van der Waals surface area contributed by atoms with E-state index in [1.54, 1.807) is 6.92 Å². The van der Waals surface area contributed by atoms with Gasteiger partial charge < -0.3 is 15.3 Å². The van der Waals surface area contributed by atoms with Crippen LogP contribution in [0.1, 0.15) is 52.4 Å². The van der Waals surface area contributed by atoms with Crippen LogP contribution in [-0.2, 0) is 4.79 Å². The second-order valence-corrected chi connectivity index (χ2v) is 6.65. The number of amides is 2. The summed E-state index contributed by atoms with van der Waals surface area (Å²) in [6.07, 6.45) is 6.09. The first-order valence-corrected chi connectivity index (χ1v) is 7.72. The Morgan fingerprint density at radius 1 is 1.30 bits per heavy atom. The number of likely N-dealkylation sites (tertiary alicyclic amines) is 1. The second kappa shape index (κ2) is 6.02. The van der Waals surface area contributed by atoms with Crippen LogP contribution in [0, 0.1) is 11.8 Å². The number of rotatable bonds is 3. The largest absolute Gasteiger partial charge is 0.480 e. The van der Waals surface area contributed by atoms with Crippen LogP contribution in [-0.4, -0.2) is 40.6 Å². The molecule has 1 heterocycles. The number of hydrogen-bond acceptors (Lipinski definition) is 2. The lowest BCUT2D eigenvalue weighted by atomic mass is 9.83. The average Bonchev–Trinajstić information content (AvgIpc) is 2.81. The Morgan fingerprint density at radius 2 is 1.95 bits per heavy atom. The topological polar surface area (TPSA) is 69.6 Å². The maximum Gasteiger partial charge on any atom is 0.329 e. The van der Waals surface area contributed by atoms with Gasteiger partial charge in [-0.15, -0.1) is 0 Å². The van der Waals surface area contributed by atoms with Gasteiger partial charge in [-0.25, -0.2) is 9.59 Å². The molecule has 20 heavy (non-hydrogen) atoms. The first kappa shape index (κ1) is 15.1. The Balaban J connectivity index is 1.84. The fraction of sp³-hybridized carbons (Fsp3) is 0.867. The molecule has 0 spiro atoms. The summed E-state index contributed by atoms with van der Waals surface area (Å²) in [5.74, 6) is 0.446. The highest BCUT2D eigenvalue weighted by Gasteiger charge is 2.45. The summed E-state index contributed by atoms with van der Waals surface area (Å²) in [6, 6.07) is -0.217. The van der Waals surface area contributed by atoms with E-state index in [4.69, 9.17) is 0 Å². The van der Waals surface area contributed by atoms with E-state index < -0.39 is 11.5 Å². The summed E-state index contributed by atoms with van der Waals surface area (Å²) in [7, 11) is 0. The average molecular weight is 282 g/mol. The lowest BCUT2D eigenvalue weighted by Gasteiger charge is -2.32. The van der Waals surface area contributed by atoms with Crippen molar-refractivity contribution in [2.45, 2.75) is 57.9 Å². The molecule has 2 N–H and O–H groups in total. The molecule has 2 amide bonds. The molecule has 0 aromatic carbocycles. The van der Waals surface area contributed by atoms with Gasteiger partial charge in [0.25, 0.3) is 0 Å². The summed E-state index contributed by atoms with van der Waals surface area (Å²) in [5, 5.41) is 12.3. The molecular formula is C15H26N2O3. The van der Waals surface area contributed by atoms with Gasteiger partial charge >= 0.3 is 12.0 Å². The number of hydrogen-bond donors (Lipinski definition) is 2. The Morgan fingerprint density at radius 3 is 2.55 bits per heavy atom. The number of carbonyl (C=O) groups excluding carboxylic acids is 1. The normalized spacial score (nSPS) is 34.0. The molecule has 0 aromatic heterocycles. The first-order chi connectivity index (χ1) is 9.43. The lowest BCUT2D eigenvalue weighted by molar-refractivity contribution is -0.147.